The van der Waals surface area contributed by atoms with Crippen molar-refractivity contribution in [2.24, 2.45) is 0 Å². The van der Waals surface area contributed by atoms with Gasteiger partial charge in [0.15, 0.2) is 5.78 Å². The zero-order valence-corrected chi connectivity index (χ0v) is 9.50. The van der Waals surface area contributed by atoms with E-state index in [1.807, 2.05) is 19.1 Å². The lowest BCUT2D eigenvalue weighted by Gasteiger charge is -1.98. The van der Waals surface area contributed by atoms with Gasteiger partial charge in [0.05, 0.1) is 11.0 Å². The molecule has 16 heavy (non-hydrogen) atoms. The summed E-state index contributed by atoms with van der Waals surface area (Å²) in [6, 6.07) is 3.83. The molecule has 0 amide bonds. The largest absolute Gasteiger partial charge is 0.342 e. The van der Waals surface area contributed by atoms with Crippen LogP contribution in [0.15, 0.2) is 12.1 Å². The standard InChI is InChI=1S/C13H14N2O/c1-7-5-10(8(2)16)6-11-12(7)15-13(14-11)9-3-4-9/h5-6,9H,3-4H2,1-2H3,(H,14,15). The molecule has 1 saturated carbocycles. The van der Waals surface area contributed by atoms with Crippen LogP contribution < -0.4 is 0 Å². The number of Topliss-reactive ketones (excluding diaryl/α,β-unsaturated/α-hetero) is 1. The second-order valence-corrected chi connectivity index (χ2v) is 4.64. The van der Waals surface area contributed by atoms with Crippen molar-refractivity contribution in [3.05, 3.63) is 29.1 Å². The number of H-pyrrole nitrogens is 1. The number of hydrogen-bond donors (Lipinski definition) is 1. The maximum atomic E-state index is 11.4. The van der Waals surface area contributed by atoms with Gasteiger partial charge in [0, 0.05) is 11.5 Å². The Morgan fingerprint density at radius 1 is 1.44 bits per heavy atom. The summed E-state index contributed by atoms with van der Waals surface area (Å²) < 4.78 is 0. The molecule has 1 heterocycles. The molecule has 82 valence electrons. The van der Waals surface area contributed by atoms with E-state index in [1.165, 1.54) is 12.8 Å². The highest BCUT2D eigenvalue weighted by Gasteiger charge is 2.27. The number of nitrogens with zero attached hydrogens (tertiary/aromatic N) is 1. The van der Waals surface area contributed by atoms with Gasteiger partial charge in [0.25, 0.3) is 0 Å². The minimum Gasteiger partial charge on any atom is -0.342 e. The zero-order chi connectivity index (χ0) is 11.3. The molecule has 0 unspecified atom stereocenters. The minimum atomic E-state index is 0.104. The van der Waals surface area contributed by atoms with Crippen LogP contribution >= 0.6 is 0 Å². The zero-order valence-electron chi connectivity index (χ0n) is 9.50. The van der Waals surface area contributed by atoms with Crippen LogP contribution in [-0.4, -0.2) is 15.8 Å². The lowest BCUT2D eigenvalue weighted by Crippen LogP contribution is -1.92. The number of aromatic amines is 1. The second-order valence-electron chi connectivity index (χ2n) is 4.64. The van der Waals surface area contributed by atoms with Crippen molar-refractivity contribution >= 4 is 16.8 Å². The van der Waals surface area contributed by atoms with E-state index in [0.29, 0.717) is 5.92 Å². The van der Waals surface area contributed by atoms with E-state index in [0.717, 1.165) is 28.0 Å². The molecule has 0 saturated heterocycles. The number of fused-ring (bicyclic) bond motifs is 1. The highest BCUT2D eigenvalue weighted by atomic mass is 16.1. The molecule has 3 rings (SSSR count). The van der Waals surface area contributed by atoms with Crippen molar-refractivity contribution < 1.29 is 4.79 Å². The third kappa shape index (κ3) is 1.43. The van der Waals surface area contributed by atoms with E-state index in [2.05, 4.69) is 9.97 Å². The Hall–Kier alpha value is -1.64. The van der Waals surface area contributed by atoms with E-state index in [1.54, 1.807) is 6.92 Å². The average molecular weight is 214 g/mol. The quantitative estimate of drug-likeness (QED) is 0.781. The number of aryl methyl sites for hydroxylation is 1. The van der Waals surface area contributed by atoms with Gasteiger partial charge in [-0.25, -0.2) is 4.98 Å². The number of rotatable bonds is 2. The molecular weight excluding hydrogens is 200 g/mol. The molecule has 1 fully saturated rings. The Labute approximate surface area is 93.9 Å². The number of carbonyl (C=O) groups is 1. The van der Waals surface area contributed by atoms with Gasteiger partial charge in [-0.15, -0.1) is 0 Å². The highest BCUT2D eigenvalue weighted by Crippen LogP contribution is 2.39. The Morgan fingerprint density at radius 2 is 2.19 bits per heavy atom. The van der Waals surface area contributed by atoms with Gasteiger partial charge in [0.2, 0.25) is 0 Å². The molecule has 0 atom stereocenters. The third-order valence-corrected chi connectivity index (χ3v) is 3.17. The molecule has 0 radical (unpaired) electrons. The summed E-state index contributed by atoms with van der Waals surface area (Å²) in [5.74, 6) is 1.80. The first kappa shape index (κ1) is 9.58. The normalized spacial score (nSPS) is 15.6. The van der Waals surface area contributed by atoms with Crippen molar-refractivity contribution in [2.75, 3.05) is 0 Å². The molecule has 1 aromatic carbocycles. The number of nitrogens with one attached hydrogen (secondary N) is 1. The summed E-state index contributed by atoms with van der Waals surface area (Å²) in [5, 5.41) is 0. The predicted molar refractivity (Wildman–Crippen MR) is 62.8 cm³/mol. The van der Waals surface area contributed by atoms with Crippen LogP contribution in [0.3, 0.4) is 0 Å². The molecule has 1 aromatic heterocycles. The fourth-order valence-corrected chi connectivity index (χ4v) is 2.06. The Kier molecular flexibility index (Phi) is 1.90. The molecule has 1 aliphatic carbocycles. The van der Waals surface area contributed by atoms with Gasteiger partial charge >= 0.3 is 0 Å². The molecule has 0 bridgehead atoms. The fraction of sp³-hybridized carbons (Fsp3) is 0.385. The number of benzene rings is 1. The molecule has 2 aromatic rings. The monoisotopic (exact) mass is 214 g/mol. The first-order valence-corrected chi connectivity index (χ1v) is 5.66. The van der Waals surface area contributed by atoms with Crippen molar-refractivity contribution in [1.29, 1.82) is 0 Å². The van der Waals surface area contributed by atoms with Gasteiger partial charge in [-0.05, 0) is 44.4 Å². The van der Waals surface area contributed by atoms with E-state index >= 15 is 0 Å². The molecule has 1 aliphatic rings. The van der Waals surface area contributed by atoms with Gasteiger partial charge < -0.3 is 4.98 Å². The average Bonchev–Trinajstić information content (AvgIpc) is 2.98. The number of imidazole rings is 1. The van der Waals surface area contributed by atoms with Crippen molar-refractivity contribution in [1.82, 2.24) is 9.97 Å². The lowest BCUT2D eigenvalue weighted by atomic mass is 10.1. The Balaban J connectivity index is 2.21. The number of aromatic nitrogens is 2. The van der Waals surface area contributed by atoms with Gasteiger partial charge in [-0.2, -0.15) is 0 Å². The van der Waals surface area contributed by atoms with Crippen LogP contribution in [0.25, 0.3) is 11.0 Å². The third-order valence-electron chi connectivity index (χ3n) is 3.17. The molecule has 0 spiro atoms. The van der Waals surface area contributed by atoms with Crippen LogP contribution in [0.1, 0.15) is 47.4 Å². The summed E-state index contributed by atoms with van der Waals surface area (Å²) in [7, 11) is 0. The van der Waals surface area contributed by atoms with Crippen molar-refractivity contribution in [2.45, 2.75) is 32.6 Å². The minimum absolute atomic E-state index is 0.104. The summed E-state index contributed by atoms with van der Waals surface area (Å²) >= 11 is 0. The molecular formula is C13H14N2O. The Bertz CT molecular complexity index is 579. The first-order chi connectivity index (χ1) is 7.65. The van der Waals surface area contributed by atoms with E-state index in [9.17, 15) is 4.79 Å². The van der Waals surface area contributed by atoms with Crippen LogP contribution in [0, 0.1) is 6.92 Å². The van der Waals surface area contributed by atoms with Crippen LogP contribution in [0.4, 0.5) is 0 Å². The predicted octanol–water partition coefficient (Wildman–Crippen LogP) is 2.95. The SMILES string of the molecule is CC(=O)c1cc(C)c2nc(C3CC3)[nH]c2c1. The van der Waals surface area contributed by atoms with Gasteiger partial charge in [-0.3, -0.25) is 4.79 Å². The summed E-state index contributed by atoms with van der Waals surface area (Å²) in [4.78, 5) is 19.3. The molecule has 0 aliphatic heterocycles. The number of ketones is 1. The lowest BCUT2D eigenvalue weighted by molar-refractivity contribution is 0.101. The number of hydrogen-bond acceptors (Lipinski definition) is 2. The summed E-state index contributed by atoms with van der Waals surface area (Å²) in [6.07, 6.45) is 2.47. The summed E-state index contributed by atoms with van der Waals surface area (Å²) in [6.45, 7) is 3.60. The molecule has 3 nitrogen and oxygen atoms in total. The molecule has 1 N–H and O–H groups in total. The first-order valence-electron chi connectivity index (χ1n) is 5.66. The highest BCUT2D eigenvalue weighted by molar-refractivity contribution is 5.98. The Morgan fingerprint density at radius 3 is 2.81 bits per heavy atom. The molecule has 3 heteroatoms. The van der Waals surface area contributed by atoms with Crippen molar-refractivity contribution in [3.8, 4) is 0 Å². The van der Waals surface area contributed by atoms with Gasteiger partial charge in [-0.1, -0.05) is 0 Å². The van der Waals surface area contributed by atoms with E-state index in [4.69, 9.17) is 0 Å². The van der Waals surface area contributed by atoms with Crippen LogP contribution in [0.5, 0.6) is 0 Å². The maximum absolute atomic E-state index is 11.4. The summed E-state index contributed by atoms with van der Waals surface area (Å²) in [5.41, 5.74) is 3.83. The second kappa shape index (κ2) is 3.17. The smallest absolute Gasteiger partial charge is 0.159 e. The van der Waals surface area contributed by atoms with Gasteiger partial charge in [0.1, 0.15) is 5.82 Å². The fourth-order valence-electron chi connectivity index (χ4n) is 2.06. The van der Waals surface area contributed by atoms with Crippen LogP contribution in [0.2, 0.25) is 0 Å². The van der Waals surface area contributed by atoms with Crippen molar-refractivity contribution in [3.63, 3.8) is 0 Å². The van der Waals surface area contributed by atoms with E-state index < -0.39 is 0 Å². The van der Waals surface area contributed by atoms with E-state index in [-0.39, 0.29) is 5.78 Å². The topological polar surface area (TPSA) is 45.8 Å². The maximum Gasteiger partial charge on any atom is 0.159 e. The van der Waals surface area contributed by atoms with Crippen LogP contribution in [-0.2, 0) is 0 Å². The number of carbonyl (C=O) groups excluding carboxylic acids is 1.